The summed E-state index contributed by atoms with van der Waals surface area (Å²) in [4.78, 5) is 0. The van der Waals surface area contributed by atoms with Gasteiger partial charge < -0.3 is 4.74 Å². The molecule has 0 amide bonds. The van der Waals surface area contributed by atoms with Crippen molar-refractivity contribution in [2.45, 2.75) is 6.92 Å². The van der Waals surface area contributed by atoms with Crippen LogP contribution in [0, 0.1) is 6.92 Å². The fraction of sp³-hybridized carbons (Fsp3) is 0.250. The summed E-state index contributed by atoms with van der Waals surface area (Å²) < 4.78 is 36.5. The number of rotatable bonds is 3. The second-order valence-corrected chi connectivity index (χ2v) is 3.94. The summed E-state index contributed by atoms with van der Waals surface area (Å²) in [6, 6.07) is 4.88. The van der Waals surface area contributed by atoms with Crippen molar-refractivity contribution in [3.05, 3.63) is 23.8 Å². The van der Waals surface area contributed by atoms with Crippen molar-refractivity contribution in [3.63, 3.8) is 0 Å². The average molecular weight is 217 g/mol. The van der Waals surface area contributed by atoms with Gasteiger partial charge in [-0.05, 0) is 24.6 Å². The van der Waals surface area contributed by atoms with Crippen LogP contribution in [0.5, 0.6) is 5.75 Å². The molecule has 1 aromatic carbocycles. The van der Waals surface area contributed by atoms with E-state index in [9.17, 15) is 8.42 Å². The Morgan fingerprint density at radius 3 is 2.57 bits per heavy atom. The monoisotopic (exact) mass is 217 g/mol. The van der Waals surface area contributed by atoms with Crippen molar-refractivity contribution in [2.75, 3.05) is 11.8 Å². The molecular formula is C8H11NO4S. The summed E-state index contributed by atoms with van der Waals surface area (Å²) in [6.45, 7) is 1.85. The number of hydrogen-bond acceptors (Lipinski definition) is 3. The highest BCUT2D eigenvalue weighted by Gasteiger charge is 2.08. The zero-order valence-electron chi connectivity index (χ0n) is 7.81. The lowest BCUT2D eigenvalue weighted by Crippen LogP contribution is -2.11. The van der Waals surface area contributed by atoms with Gasteiger partial charge in [0.05, 0.1) is 12.8 Å². The van der Waals surface area contributed by atoms with Crippen molar-refractivity contribution < 1.29 is 17.7 Å². The summed E-state index contributed by atoms with van der Waals surface area (Å²) in [6.07, 6.45) is 0. The fourth-order valence-electron chi connectivity index (χ4n) is 1.02. The predicted octanol–water partition coefficient (Wildman–Crippen LogP) is 1.22. The highest BCUT2D eigenvalue weighted by Crippen LogP contribution is 2.25. The van der Waals surface area contributed by atoms with Crippen LogP contribution >= 0.6 is 0 Å². The molecule has 5 nitrogen and oxygen atoms in total. The van der Waals surface area contributed by atoms with Crippen LogP contribution in [0.25, 0.3) is 0 Å². The molecule has 0 unspecified atom stereocenters. The van der Waals surface area contributed by atoms with E-state index in [-0.39, 0.29) is 5.69 Å². The minimum atomic E-state index is -4.25. The zero-order chi connectivity index (χ0) is 10.8. The quantitative estimate of drug-likeness (QED) is 0.746. The molecule has 0 bridgehead atoms. The fourth-order valence-corrected chi connectivity index (χ4v) is 1.47. The van der Waals surface area contributed by atoms with E-state index in [2.05, 4.69) is 0 Å². The van der Waals surface area contributed by atoms with Crippen LogP contribution in [0.2, 0.25) is 0 Å². The molecule has 0 saturated carbocycles. The van der Waals surface area contributed by atoms with E-state index in [0.29, 0.717) is 5.75 Å². The first-order valence-corrected chi connectivity index (χ1v) is 5.26. The molecule has 14 heavy (non-hydrogen) atoms. The van der Waals surface area contributed by atoms with E-state index >= 15 is 0 Å². The van der Waals surface area contributed by atoms with Crippen LogP contribution in [0.3, 0.4) is 0 Å². The van der Waals surface area contributed by atoms with Gasteiger partial charge in [-0.25, -0.2) is 0 Å². The van der Waals surface area contributed by atoms with E-state index < -0.39 is 10.3 Å². The van der Waals surface area contributed by atoms with Gasteiger partial charge in [-0.15, -0.1) is 0 Å². The first-order chi connectivity index (χ1) is 6.42. The molecule has 0 aromatic heterocycles. The van der Waals surface area contributed by atoms with Gasteiger partial charge in [0.25, 0.3) is 0 Å². The normalized spacial score (nSPS) is 11.1. The third-order valence-corrected chi connectivity index (χ3v) is 2.07. The number of nitrogens with one attached hydrogen (secondary N) is 1. The third kappa shape index (κ3) is 2.90. The van der Waals surface area contributed by atoms with Crippen LogP contribution < -0.4 is 9.46 Å². The number of benzene rings is 1. The third-order valence-electron chi connectivity index (χ3n) is 1.60. The molecule has 78 valence electrons. The average Bonchev–Trinajstić information content (AvgIpc) is 2.06. The van der Waals surface area contributed by atoms with Crippen LogP contribution in [0.15, 0.2) is 18.2 Å². The highest BCUT2D eigenvalue weighted by molar-refractivity contribution is 7.87. The second kappa shape index (κ2) is 3.85. The predicted molar refractivity (Wildman–Crippen MR) is 52.9 cm³/mol. The highest BCUT2D eigenvalue weighted by atomic mass is 32.2. The van der Waals surface area contributed by atoms with Crippen molar-refractivity contribution >= 4 is 16.0 Å². The van der Waals surface area contributed by atoms with E-state index in [1.165, 1.54) is 13.2 Å². The Morgan fingerprint density at radius 2 is 2.07 bits per heavy atom. The maximum atomic E-state index is 10.5. The molecule has 0 saturated heterocycles. The van der Waals surface area contributed by atoms with Gasteiger partial charge in [0.15, 0.2) is 0 Å². The Balaban J connectivity index is 3.09. The Hall–Kier alpha value is -1.27. The van der Waals surface area contributed by atoms with E-state index in [0.717, 1.165) is 5.56 Å². The number of anilines is 1. The van der Waals surface area contributed by atoms with Gasteiger partial charge in [0, 0.05) is 0 Å². The summed E-state index contributed by atoms with van der Waals surface area (Å²) in [7, 11) is -2.83. The minimum Gasteiger partial charge on any atom is -0.495 e. The topological polar surface area (TPSA) is 75.6 Å². The van der Waals surface area contributed by atoms with Gasteiger partial charge in [-0.1, -0.05) is 6.07 Å². The zero-order valence-corrected chi connectivity index (χ0v) is 8.63. The molecule has 0 aliphatic heterocycles. The summed E-state index contributed by atoms with van der Waals surface area (Å²) in [5.74, 6) is 0.364. The molecule has 0 atom stereocenters. The lowest BCUT2D eigenvalue weighted by atomic mass is 10.2. The Morgan fingerprint density at radius 1 is 1.43 bits per heavy atom. The number of ether oxygens (including phenoxy) is 1. The largest absolute Gasteiger partial charge is 0.495 e. The number of methoxy groups -OCH3 is 1. The molecule has 1 aromatic rings. The smallest absolute Gasteiger partial charge is 0.357 e. The number of aryl methyl sites for hydroxylation is 1. The first-order valence-electron chi connectivity index (χ1n) is 3.82. The second-order valence-electron chi connectivity index (χ2n) is 2.78. The lowest BCUT2D eigenvalue weighted by molar-refractivity contribution is 0.416. The van der Waals surface area contributed by atoms with Crippen molar-refractivity contribution in [1.82, 2.24) is 0 Å². The molecule has 0 fully saturated rings. The minimum absolute atomic E-state index is 0.209. The van der Waals surface area contributed by atoms with Crippen LogP contribution in [-0.2, 0) is 10.3 Å². The summed E-state index contributed by atoms with van der Waals surface area (Å²) in [5, 5.41) is 0. The molecule has 2 N–H and O–H groups in total. The van der Waals surface area contributed by atoms with Crippen molar-refractivity contribution in [2.24, 2.45) is 0 Å². The molecular weight excluding hydrogens is 206 g/mol. The van der Waals surface area contributed by atoms with E-state index in [1.54, 1.807) is 12.1 Å². The first kappa shape index (κ1) is 10.8. The Kier molecular flexibility index (Phi) is 2.97. The van der Waals surface area contributed by atoms with E-state index in [1.807, 2.05) is 11.6 Å². The van der Waals surface area contributed by atoms with Crippen molar-refractivity contribution in [3.8, 4) is 5.75 Å². The van der Waals surface area contributed by atoms with Crippen molar-refractivity contribution in [1.29, 1.82) is 0 Å². The molecule has 0 spiro atoms. The van der Waals surface area contributed by atoms with Gasteiger partial charge in [0.2, 0.25) is 0 Å². The molecule has 0 radical (unpaired) electrons. The molecule has 0 heterocycles. The summed E-state index contributed by atoms with van der Waals surface area (Å²) in [5.41, 5.74) is 1.14. The van der Waals surface area contributed by atoms with Crippen LogP contribution in [-0.4, -0.2) is 20.1 Å². The maximum Gasteiger partial charge on any atom is 0.357 e. The Labute approximate surface area is 82.6 Å². The van der Waals surface area contributed by atoms with Crippen LogP contribution in [0.1, 0.15) is 5.56 Å². The van der Waals surface area contributed by atoms with Gasteiger partial charge in [0.1, 0.15) is 5.75 Å². The SMILES string of the molecule is COc1cc(C)ccc1NS(=O)(=O)O. The molecule has 0 aliphatic rings. The molecule has 1 rings (SSSR count). The lowest BCUT2D eigenvalue weighted by Gasteiger charge is -2.09. The van der Waals surface area contributed by atoms with E-state index in [4.69, 9.17) is 9.29 Å². The van der Waals surface area contributed by atoms with Gasteiger partial charge in [-0.3, -0.25) is 9.27 Å². The number of hydrogen-bond donors (Lipinski definition) is 2. The van der Waals surface area contributed by atoms with Gasteiger partial charge >= 0.3 is 10.3 Å². The van der Waals surface area contributed by atoms with Crippen LogP contribution in [0.4, 0.5) is 5.69 Å². The summed E-state index contributed by atoms with van der Waals surface area (Å²) >= 11 is 0. The maximum absolute atomic E-state index is 10.5. The standard InChI is InChI=1S/C8H11NO4S/c1-6-3-4-7(8(5-6)13-2)9-14(10,11)12/h3-5,9H,1-2H3,(H,10,11,12). The van der Waals surface area contributed by atoms with Gasteiger partial charge in [-0.2, -0.15) is 8.42 Å². The molecule has 6 heteroatoms. The Bertz CT molecular complexity index is 427. The molecule has 0 aliphatic carbocycles.